The van der Waals surface area contributed by atoms with Crippen molar-refractivity contribution in [2.45, 2.75) is 107 Å². The summed E-state index contributed by atoms with van der Waals surface area (Å²) in [4.78, 5) is 53.4. The highest BCUT2D eigenvalue weighted by molar-refractivity contribution is 5.94. The first kappa shape index (κ1) is 41.4. The van der Waals surface area contributed by atoms with Crippen molar-refractivity contribution in [2.24, 2.45) is 17.3 Å². The molecule has 0 radical (unpaired) electrons. The number of methoxy groups -OCH3 is 2. The van der Waals surface area contributed by atoms with Gasteiger partial charge in [0.1, 0.15) is 22.9 Å². The lowest BCUT2D eigenvalue weighted by atomic mass is 9.47. The molecule has 62 heavy (non-hydrogen) atoms. The number of fused-ring (bicyclic) bond motifs is 6. The molecule has 1 unspecified atom stereocenters. The van der Waals surface area contributed by atoms with Gasteiger partial charge in [0.2, 0.25) is 5.91 Å². The summed E-state index contributed by atoms with van der Waals surface area (Å²) in [6, 6.07) is 11.9. The third-order valence-corrected chi connectivity index (χ3v) is 16.7. The maximum atomic E-state index is 15.4. The molecule has 12 nitrogen and oxygen atoms in total. The number of carbonyl (C=O) groups is 3. The lowest BCUT2D eigenvalue weighted by Gasteiger charge is -2.64. The van der Waals surface area contributed by atoms with Crippen molar-refractivity contribution in [3.8, 4) is 5.75 Å². The smallest absolute Gasteiger partial charge is 0.322 e. The Morgan fingerprint density at radius 2 is 1.85 bits per heavy atom. The third kappa shape index (κ3) is 5.63. The fourth-order valence-corrected chi connectivity index (χ4v) is 14.0. The number of anilines is 1. The SMILES string of the molecule is CCC1=C[C@H]2CN(CCc3c([nH]c4ccccc34)[C@@](C(=O)OC)(c3cc4c(cc3OC)N(C)[C@H]3[C@@](O)(CNC(=O)C5CCC5)[C@H](OC(C)=O)[C@]5(CC)C=CCN6CC[C@]43[C@@H]65)C2)C1. The van der Waals surface area contributed by atoms with E-state index in [0.29, 0.717) is 25.0 Å². The molecule has 5 aliphatic heterocycles. The van der Waals surface area contributed by atoms with Crippen molar-refractivity contribution in [1.82, 2.24) is 20.1 Å². The lowest BCUT2D eigenvalue weighted by Crippen LogP contribution is -2.81. The van der Waals surface area contributed by atoms with E-state index in [-0.39, 0.29) is 36.3 Å². The van der Waals surface area contributed by atoms with Crippen molar-refractivity contribution >= 4 is 34.4 Å². The summed E-state index contributed by atoms with van der Waals surface area (Å²) in [6.45, 7) is 9.75. The summed E-state index contributed by atoms with van der Waals surface area (Å²) in [7, 11) is 5.18. The van der Waals surface area contributed by atoms with Gasteiger partial charge >= 0.3 is 11.9 Å². The number of aromatic amines is 1. The highest BCUT2D eigenvalue weighted by atomic mass is 16.6. The summed E-state index contributed by atoms with van der Waals surface area (Å²) in [6.07, 6.45) is 11.9. The summed E-state index contributed by atoms with van der Waals surface area (Å²) in [5.74, 6) is -0.373. The number of ether oxygens (including phenoxy) is 3. The fourth-order valence-electron chi connectivity index (χ4n) is 14.0. The van der Waals surface area contributed by atoms with Crippen LogP contribution in [0.4, 0.5) is 5.69 Å². The van der Waals surface area contributed by atoms with E-state index in [2.05, 4.69) is 87.4 Å². The Hall–Kier alpha value is -4.65. The molecule has 3 fully saturated rings. The number of benzene rings is 2. The van der Waals surface area contributed by atoms with Gasteiger partial charge in [-0.1, -0.05) is 62.3 Å². The van der Waals surface area contributed by atoms with Gasteiger partial charge in [-0.25, -0.2) is 0 Å². The molecule has 10 rings (SSSR count). The Morgan fingerprint density at radius 1 is 1.05 bits per heavy atom. The molecule has 2 aromatic carbocycles. The van der Waals surface area contributed by atoms with Crippen LogP contribution in [-0.4, -0.2) is 122 Å². The molecule has 12 heteroatoms. The van der Waals surface area contributed by atoms with Crippen LogP contribution < -0.4 is 15.0 Å². The van der Waals surface area contributed by atoms with E-state index in [0.717, 1.165) is 104 Å². The van der Waals surface area contributed by atoms with Crippen LogP contribution in [0.3, 0.4) is 0 Å². The second-order valence-electron chi connectivity index (χ2n) is 19.5. The number of aromatic nitrogens is 1. The monoisotopic (exact) mass is 845 g/mol. The third-order valence-electron chi connectivity index (χ3n) is 16.7. The van der Waals surface area contributed by atoms with E-state index < -0.39 is 40.0 Å². The molecule has 3 N–H and O–H groups in total. The van der Waals surface area contributed by atoms with E-state index >= 15 is 4.79 Å². The number of hydrogen-bond acceptors (Lipinski definition) is 10. The number of amides is 1. The highest BCUT2D eigenvalue weighted by Crippen LogP contribution is 2.68. The summed E-state index contributed by atoms with van der Waals surface area (Å²) < 4.78 is 18.9. The minimum Gasteiger partial charge on any atom is -0.496 e. The van der Waals surface area contributed by atoms with Crippen molar-refractivity contribution < 1.29 is 33.7 Å². The number of likely N-dealkylation sites (N-methyl/N-ethyl adjacent to an activating group) is 1. The Balaban J connectivity index is 1.24. The zero-order chi connectivity index (χ0) is 43.3. The minimum absolute atomic E-state index is 0.0449. The zero-order valence-electron chi connectivity index (χ0n) is 37.2. The Kier molecular flexibility index (Phi) is 9.99. The molecule has 6 heterocycles. The molecule has 2 aliphatic carbocycles. The molecule has 2 bridgehead atoms. The first-order valence-electron chi connectivity index (χ1n) is 23.0. The molecular formula is C50H63N5O7. The van der Waals surface area contributed by atoms with Gasteiger partial charge in [-0.3, -0.25) is 24.2 Å². The number of nitrogens with zero attached hydrogens (tertiary/aromatic N) is 3. The zero-order valence-corrected chi connectivity index (χ0v) is 37.2. The van der Waals surface area contributed by atoms with Gasteiger partial charge in [-0.15, -0.1) is 0 Å². The van der Waals surface area contributed by atoms with Crippen molar-refractivity contribution in [1.29, 1.82) is 0 Å². The normalized spacial score (nSPS) is 34.7. The number of carbonyl (C=O) groups excluding carboxylic acids is 3. The molecule has 2 saturated carbocycles. The largest absolute Gasteiger partial charge is 0.496 e. The average molecular weight is 846 g/mol. The highest BCUT2D eigenvalue weighted by Gasteiger charge is 2.78. The summed E-state index contributed by atoms with van der Waals surface area (Å²) in [5.41, 5.74) is 2.42. The lowest BCUT2D eigenvalue weighted by molar-refractivity contribution is -0.217. The molecule has 1 aromatic heterocycles. The van der Waals surface area contributed by atoms with Gasteiger partial charge in [0.25, 0.3) is 0 Å². The van der Waals surface area contributed by atoms with Crippen LogP contribution in [0.1, 0.15) is 88.1 Å². The van der Waals surface area contributed by atoms with Crippen LogP contribution in [0.15, 0.2) is 60.2 Å². The van der Waals surface area contributed by atoms with E-state index in [4.69, 9.17) is 14.2 Å². The molecule has 1 amide bonds. The molecule has 330 valence electrons. The van der Waals surface area contributed by atoms with Crippen molar-refractivity contribution in [3.63, 3.8) is 0 Å². The number of rotatable bonds is 9. The quantitative estimate of drug-likeness (QED) is 0.186. The summed E-state index contributed by atoms with van der Waals surface area (Å²) >= 11 is 0. The second-order valence-corrected chi connectivity index (χ2v) is 19.5. The van der Waals surface area contributed by atoms with Crippen LogP contribution in [0.25, 0.3) is 10.9 Å². The standard InChI is InChI=1S/C50H63N5O7/c1-7-31-23-32-26-49(46(58)61-6,41-35(17-21-54(27-31)28-32)34-15-9-10-16-38(34)52-41)37-24-36-39(25-40(37)60-5)53(4)44-48(36)19-22-55-20-12-18-47(8-2,43(48)55)45(62-30(3)56)50(44,59)29-51-42(57)33-13-11-14-33/h9-10,12,15-16,18,23-25,32-33,43-45,52,59H,7-8,11,13-14,17,19-22,26-29H2,1-6H3,(H,51,57)/t32-,43+,44-,45-,47-,48-,49+,50+/m1/s1. The van der Waals surface area contributed by atoms with Gasteiger partial charge < -0.3 is 34.5 Å². The molecular weight excluding hydrogens is 783 g/mol. The Bertz CT molecular complexity index is 2390. The molecule has 9 atom stereocenters. The number of H-pyrrole nitrogens is 1. The second kappa shape index (κ2) is 15.0. The van der Waals surface area contributed by atoms with Crippen molar-refractivity contribution in [3.05, 3.63) is 82.6 Å². The number of esters is 2. The van der Waals surface area contributed by atoms with E-state index in [1.807, 2.05) is 13.1 Å². The van der Waals surface area contributed by atoms with Gasteiger partial charge in [0, 0.05) is 96.9 Å². The van der Waals surface area contributed by atoms with Gasteiger partial charge in [-0.2, -0.15) is 0 Å². The number of aliphatic hydroxyl groups is 1. The predicted molar refractivity (Wildman–Crippen MR) is 237 cm³/mol. The van der Waals surface area contributed by atoms with Crippen LogP contribution in [0.5, 0.6) is 5.75 Å². The van der Waals surface area contributed by atoms with E-state index in [9.17, 15) is 14.7 Å². The van der Waals surface area contributed by atoms with Crippen LogP contribution in [0, 0.1) is 17.3 Å². The molecule has 7 aliphatic rings. The van der Waals surface area contributed by atoms with Crippen molar-refractivity contribution in [2.75, 3.05) is 65.4 Å². The Morgan fingerprint density at radius 3 is 2.56 bits per heavy atom. The van der Waals surface area contributed by atoms with Crippen LogP contribution >= 0.6 is 0 Å². The van der Waals surface area contributed by atoms with E-state index in [1.54, 1.807) is 7.11 Å². The average Bonchev–Trinajstić information content (AvgIpc) is 3.91. The molecule has 1 spiro atoms. The number of nitrogens with one attached hydrogen (secondary N) is 2. The molecule has 3 aromatic rings. The Labute approximate surface area is 365 Å². The van der Waals surface area contributed by atoms with Gasteiger partial charge in [-0.05, 0) is 80.7 Å². The maximum Gasteiger partial charge on any atom is 0.322 e. The maximum absolute atomic E-state index is 15.4. The van der Waals surface area contributed by atoms with E-state index in [1.165, 1.54) is 19.6 Å². The first-order valence-corrected chi connectivity index (χ1v) is 23.0. The number of para-hydroxylation sites is 1. The molecule has 1 saturated heterocycles. The fraction of sp³-hybridized carbons (Fsp3) is 0.580. The van der Waals surface area contributed by atoms with Gasteiger partial charge in [0.05, 0.1) is 26.8 Å². The van der Waals surface area contributed by atoms with Crippen LogP contribution in [0.2, 0.25) is 0 Å². The first-order chi connectivity index (χ1) is 29.9. The minimum atomic E-state index is -1.72. The topological polar surface area (TPSA) is 137 Å². The predicted octanol–water partition coefficient (Wildman–Crippen LogP) is 5.54. The summed E-state index contributed by atoms with van der Waals surface area (Å²) in [5, 5.41) is 18.1. The number of hydrogen-bond donors (Lipinski definition) is 3. The van der Waals surface area contributed by atoms with Gasteiger partial charge in [0.15, 0.2) is 0 Å². The van der Waals surface area contributed by atoms with Crippen LogP contribution in [-0.2, 0) is 41.1 Å².